The Morgan fingerprint density at radius 1 is 1.33 bits per heavy atom. The van der Waals surface area contributed by atoms with Gasteiger partial charge >= 0.3 is 5.97 Å². The minimum atomic E-state index is -1.35. The fourth-order valence-corrected chi connectivity index (χ4v) is 1.66. The van der Waals surface area contributed by atoms with E-state index in [1.807, 2.05) is 0 Å². The molecular formula is C12H8NO5-. The number of benzene rings is 1. The maximum absolute atomic E-state index is 11.7. The van der Waals surface area contributed by atoms with Crippen LogP contribution in [0.15, 0.2) is 29.8 Å². The normalized spacial score (nSPS) is 14.9. The van der Waals surface area contributed by atoms with Crippen molar-refractivity contribution in [3.8, 4) is 5.75 Å². The third-order valence-electron chi connectivity index (χ3n) is 2.55. The van der Waals surface area contributed by atoms with E-state index in [4.69, 9.17) is 5.11 Å². The summed E-state index contributed by atoms with van der Waals surface area (Å²) in [5.74, 6) is -3.15. The molecule has 0 aromatic heterocycles. The largest absolute Gasteiger partial charge is 0.872 e. The summed E-state index contributed by atoms with van der Waals surface area (Å²) in [4.78, 5) is 34.7. The van der Waals surface area contributed by atoms with E-state index in [9.17, 15) is 19.5 Å². The summed E-state index contributed by atoms with van der Waals surface area (Å²) in [5, 5.41) is 20.2. The molecule has 0 fully saturated rings. The highest BCUT2D eigenvalue weighted by Gasteiger charge is 2.29. The lowest BCUT2D eigenvalue weighted by atomic mass is 10.1. The second kappa shape index (κ2) is 3.99. The van der Waals surface area contributed by atoms with Gasteiger partial charge in [-0.05, 0) is 25.1 Å². The Morgan fingerprint density at radius 2 is 2.00 bits per heavy atom. The number of carboxylic acids is 1. The first-order valence-electron chi connectivity index (χ1n) is 5.03. The standard InChI is InChI=1S/C12H9NO5/c1-6-4-10(15)13(11(6)16)7-2-3-8(12(17)18)9(14)5-7/h2-5,14H,1H3,(H,17,18)/p-1. The highest BCUT2D eigenvalue weighted by molar-refractivity contribution is 6.30. The smallest absolute Gasteiger partial charge is 0.335 e. The fraction of sp³-hybridized carbons (Fsp3) is 0.0833. The SMILES string of the molecule is CC1=CC(=O)N(c2ccc(C(=O)O)c([O-])c2)C1=O. The maximum Gasteiger partial charge on any atom is 0.335 e. The van der Waals surface area contributed by atoms with Gasteiger partial charge in [0.2, 0.25) is 0 Å². The third kappa shape index (κ3) is 1.73. The number of carbonyl (C=O) groups excluding carboxylic acids is 2. The van der Waals surface area contributed by atoms with Crippen molar-refractivity contribution in [1.82, 2.24) is 0 Å². The lowest BCUT2D eigenvalue weighted by Gasteiger charge is -2.18. The van der Waals surface area contributed by atoms with E-state index < -0.39 is 29.1 Å². The first-order valence-corrected chi connectivity index (χ1v) is 5.03. The Balaban J connectivity index is 2.43. The van der Waals surface area contributed by atoms with Crippen LogP contribution in [0.4, 0.5) is 5.69 Å². The highest BCUT2D eigenvalue weighted by Crippen LogP contribution is 2.26. The zero-order valence-electron chi connectivity index (χ0n) is 9.34. The molecule has 0 bridgehead atoms. The first kappa shape index (κ1) is 11.8. The molecule has 0 saturated heterocycles. The molecule has 0 spiro atoms. The van der Waals surface area contributed by atoms with Crippen molar-refractivity contribution in [1.29, 1.82) is 0 Å². The van der Waals surface area contributed by atoms with Crippen molar-refractivity contribution in [2.75, 3.05) is 4.90 Å². The third-order valence-corrected chi connectivity index (χ3v) is 2.55. The summed E-state index contributed by atoms with van der Waals surface area (Å²) < 4.78 is 0. The van der Waals surface area contributed by atoms with Crippen molar-refractivity contribution in [3.05, 3.63) is 35.4 Å². The monoisotopic (exact) mass is 246 g/mol. The second-order valence-corrected chi connectivity index (χ2v) is 3.79. The van der Waals surface area contributed by atoms with Gasteiger partial charge in [-0.3, -0.25) is 9.59 Å². The van der Waals surface area contributed by atoms with Crippen LogP contribution in [-0.4, -0.2) is 22.9 Å². The number of rotatable bonds is 2. The molecule has 2 rings (SSSR count). The van der Waals surface area contributed by atoms with Crippen molar-refractivity contribution in [2.45, 2.75) is 6.92 Å². The lowest BCUT2D eigenvalue weighted by molar-refractivity contribution is -0.268. The maximum atomic E-state index is 11.7. The van der Waals surface area contributed by atoms with Crippen LogP contribution in [-0.2, 0) is 9.59 Å². The number of carboxylic acid groups (broad SMARTS) is 1. The molecule has 2 amide bonds. The van der Waals surface area contributed by atoms with Crippen LogP contribution in [0.5, 0.6) is 5.75 Å². The number of hydrogen-bond donors (Lipinski definition) is 1. The van der Waals surface area contributed by atoms with Gasteiger partial charge in [-0.1, -0.05) is 5.75 Å². The van der Waals surface area contributed by atoms with Crippen molar-refractivity contribution in [2.24, 2.45) is 0 Å². The number of anilines is 1. The number of aromatic carboxylic acids is 1. The van der Waals surface area contributed by atoms with Crippen LogP contribution in [0.2, 0.25) is 0 Å². The summed E-state index contributed by atoms with van der Waals surface area (Å²) in [7, 11) is 0. The number of imide groups is 1. The highest BCUT2D eigenvalue weighted by atomic mass is 16.4. The van der Waals surface area contributed by atoms with Crippen LogP contribution in [0.1, 0.15) is 17.3 Å². The van der Waals surface area contributed by atoms with Crippen LogP contribution < -0.4 is 10.0 Å². The number of nitrogens with zero attached hydrogens (tertiary/aromatic N) is 1. The molecule has 1 aliphatic heterocycles. The van der Waals surface area contributed by atoms with Gasteiger partial charge in [0.25, 0.3) is 11.8 Å². The quantitative estimate of drug-likeness (QED) is 0.755. The number of amides is 2. The van der Waals surface area contributed by atoms with E-state index in [2.05, 4.69) is 0 Å². The van der Waals surface area contributed by atoms with Crippen molar-refractivity contribution >= 4 is 23.5 Å². The summed E-state index contributed by atoms with van der Waals surface area (Å²) in [6.45, 7) is 1.49. The van der Waals surface area contributed by atoms with Crippen LogP contribution in [0.3, 0.4) is 0 Å². The van der Waals surface area contributed by atoms with Gasteiger partial charge in [0.1, 0.15) is 0 Å². The average Bonchev–Trinajstić information content (AvgIpc) is 2.52. The van der Waals surface area contributed by atoms with Crippen molar-refractivity contribution < 1.29 is 24.6 Å². The molecule has 92 valence electrons. The zero-order valence-corrected chi connectivity index (χ0v) is 9.34. The molecule has 6 heteroatoms. The van der Waals surface area contributed by atoms with Gasteiger partial charge in [-0.25, -0.2) is 9.69 Å². The minimum absolute atomic E-state index is 0.0769. The molecule has 0 saturated carbocycles. The second-order valence-electron chi connectivity index (χ2n) is 3.79. The molecule has 1 N–H and O–H groups in total. The Morgan fingerprint density at radius 3 is 2.44 bits per heavy atom. The van der Waals surface area contributed by atoms with Gasteiger partial charge < -0.3 is 10.2 Å². The Kier molecular flexibility index (Phi) is 2.63. The van der Waals surface area contributed by atoms with E-state index in [1.165, 1.54) is 13.0 Å². The molecule has 1 aromatic rings. The van der Waals surface area contributed by atoms with Gasteiger partial charge in [0, 0.05) is 11.6 Å². The summed E-state index contributed by atoms with van der Waals surface area (Å²) in [6, 6.07) is 3.30. The Labute approximate surface area is 102 Å². The minimum Gasteiger partial charge on any atom is -0.872 e. The number of hydrogen-bond acceptors (Lipinski definition) is 4. The van der Waals surface area contributed by atoms with E-state index in [1.54, 1.807) is 0 Å². The Bertz CT molecular complexity index is 602. The topological polar surface area (TPSA) is 97.7 Å². The van der Waals surface area contributed by atoms with Crippen LogP contribution >= 0.6 is 0 Å². The van der Waals surface area contributed by atoms with E-state index in [0.29, 0.717) is 0 Å². The predicted molar refractivity (Wildman–Crippen MR) is 59.1 cm³/mol. The van der Waals surface area contributed by atoms with Crippen LogP contribution in [0, 0.1) is 0 Å². The average molecular weight is 246 g/mol. The molecule has 1 heterocycles. The summed E-state index contributed by atoms with van der Waals surface area (Å²) in [5.41, 5.74) is -0.0506. The van der Waals surface area contributed by atoms with Gasteiger partial charge in [-0.2, -0.15) is 0 Å². The molecule has 18 heavy (non-hydrogen) atoms. The lowest BCUT2D eigenvalue weighted by Crippen LogP contribution is -2.30. The van der Waals surface area contributed by atoms with E-state index in [-0.39, 0.29) is 11.3 Å². The number of carbonyl (C=O) groups is 3. The predicted octanol–water partition coefficient (Wildman–Crippen LogP) is 0.278. The zero-order chi connectivity index (χ0) is 13.4. The van der Waals surface area contributed by atoms with E-state index >= 15 is 0 Å². The van der Waals surface area contributed by atoms with E-state index in [0.717, 1.165) is 23.1 Å². The van der Waals surface area contributed by atoms with Crippen molar-refractivity contribution in [3.63, 3.8) is 0 Å². The first-order chi connectivity index (χ1) is 8.41. The molecule has 6 nitrogen and oxygen atoms in total. The Hall–Kier alpha value is -2.63. The molecule has 0 aliphatic carbocycles. The van der Waals surface area contributed by atoms with Gasteiger partial charge in [0.15, 0.2) is 0 Å². The van der Waals surface area contributed by atoms with Gasteiger partial charge in [0.05, 0.1) is 11.3 Å². The fourth-order valence-electron chi connectivity index (χ4n) is 1.66. The molecule has 0 unspecified atom stereocenters. The summed E-state index contributed by atoms with van der Waals surface area (Å²) in [6.07, 6.45) is 1.16. The molecule has 1 aromatic carbocycles. The molecule has 0 atom stereocenters. The molecular weight excluding hydrogens is 238 g/mol. The molecule has 1 aliphatic rings. The summed E-state index contributed by atoms with van der Waals surface area (Å²) >= 11 is 0. The molecule has 0 radical (unpaired) electrons. The van der Waals surface area contributed by atoms with Crippen LogP contribution in [0.25, 0.3) is 0 Å². The van der Waals surface area contributed by atoms with Gasteiger partial charge in [-0.15, -0.1) is 0 Å².